The van der Waals surface area contributed by atoms with Gasteiger partial charge in [-0.15, -0.1) is 5.46 Å². The first-order valence-electron chi connectivity index (χ1n) is 9.83. The number of esters is 1. The maximum atomic E-state index is 12.0. The highest BCUT2D eigenvalue weighted by Crippen LogP contribution is 2.61. The number of piperazine rings is 3. The van der Waals surface area contributed by atoms with Crippen molar-refractivity contribution < 1.29 is 23.8 Å². The summed E-state index contributed by atoms with van der Waals surface area (Å²) < 4.78 is 24.5. The highest BCUT2D eigenvalue weighted by molar-refractivity contribution is 6.75. The number of hydrogen-bond donors (Lipinski definition) is 0. The predicted octanol–water partition coefficient (Wildman–Crippen LogP) is -0.0148. The Morgan fingerprint density at radius 2 is 1.64 bits per heavy atom. The van der Waals surface area contributed by atoms with Crippen molar-refractivity contribution in [2.24, 2.45) is 0 Å². The number of rotatable bonds is 4. The minimum Gasteiger partial charge on any atom is -0.469 e. The molecule has 7 heterocycles. The average molecular weight is 387 g/mol. The van der Waals surface area contributed by atoms with Gasteiger partial charge in [0.25, 0.3) is 0 Å². The zero-order valence-corrected chi connectivity index (χ0v) is 16.3. The van der Waals surface area contributed by atoms with Gasteiger partial charge in [-0.2, -0.15) is 15.2 Å². The van der Waals surface area contributed by atoms with Gasteiger partial charge < -0.3 is 19.0 Å². The molecule has 0 radical (unpaired) electrons. The SMILES string of the molecule is COC(=O)CCC12CN3CC4(C)N5O[B-](c6ccccc6)(ON41)ON2C5(C)C3. The van der Waals surface area contributed by atoms with E-state index in [0.29, 0.717) is 12.8 Å². The maximum absolute atomic E-state index is 12.0. The van der Waals surface area contributed by atoms with Crippen LogP contribution >= 0.6 is 0 Å². The van der Waals surface area contributed by atoms with E-state index in [-0.39, 0.29) is 5.97 Å². The lowest BCUT2D eigenvalue weighted by Crippen LogP contribution is -3.03. The van der Waals surface area contributed by atoms with Crippen molar-refractivity contribution in [3.63, 3.8) is 0 Å². The third kappa shape index (κ3) is 1.80. The van der Waals surface area contributed by atoms with E-state index in [4.69, 9.17) is 19.0 Å². The van der Waals surface area contributed by atoms with Crippen LogP contribution in [0.3, 0.4) is 0 Å². The number of methoxy groups -OCH3 is 1. The van der Waals surface area contributed by atoms with Gasteiger partial charge in [0.2, 0.25) is 0 Å². The molecule has 1 aromatic rings. The zero-order valence-electron chi connectivity index (χ0n) is 16.3. The first-order chi connectivity index (χ1) is 13.4. The molecule has 8 bridgehead atoms. The second-order valence-corrected chi connectivity index (χ2v) is 8.89. The third-order valence-corrected chi connectivity index (χ3v) is 6.93. The van der Waals surface area contributed by atoms with Crippen LogP contribution in [0.4, 0.5) is 0 Å². The fourth-order valence-electron chi connectivity index (χ4n) is 6.10. The molecule has 0 amide bonds. The van der Waals surface area contributed by atoms with E-state index in [0.717, 1.165) is 25.1 Å². The molecule has 7 saturated heterocycles. The molecule has 0 N–H and O–H groups in total. The van der Waals surface area contributed by atoms with Crippen LogP contribution in [-0.2, 0) is 23.8 Å². The molecule has 0 spiro atoms. The molecule has 7 fully saturated rings. The molecule has 10 heteroatoms. The Bertz CT molecular complexity index is 828. The number of ether oxygens (including phenoxy) is 1. The van der Waals surface area contributed by atoms with Gasteiger partial charge in [0.05, 0.1) is 7.11 Å². The molecule has 7 aliphatic rings. The van der Waals surface area contributed by atoms with Gasteiger partial charge >= 0.3 is 12.7 Å². The van der Waals surface area contributed by atoms with Crippen LogP contribution in [0, 0.1) is 0 Å². The monoisotopic (exact) mass is 387 g/mol. The van der Waals surface area contributed by atoms with Gasteiger partial charge in [0, 0.05) is 26.1 Å². The molecule has 28 heavy (non-hydrogen) atoms. The molecular weight excluding hydrogens is 363 g/mol. The van der Waals surface area contributed by atoms with Crippen LogP contribution in [0.5, 0.6) is 0 Å². The van der Waals surface area contributed by atoms with Crippen LogP contribution < -0.4 is 5.46 Å². The Balaban J connectivity index is 1.48. The summed E-state index contributed by atoms with van der Waals surface area (Å²) in [5.41, 5.74) is -0.663. The summed E-state index contributed by atoms with van der Waals surface area (Å²) in [6, 6.07) is 9.79. The molecule has 4 atom stereocenters. The maximum Gasteiger partial charge on any atom is 0.457 e. The lowest BCUT2D eigenvalue weighted by atomic mass is 9.67. The van der Waals surface area contributed by atoms with E-state index in [1.54, 1.807) is 0 Å². The second-order valence-electron chi connectivity index (χ2n) is 8.89. The molecule has 150 valence electrons. The van der Waals surface area contributed by atoms with Gasteiger partial charge in [-0.25, -0.2) is 0 Å². The van der Waals surface area contributed by atoms with Crippen LogP contribution in [0.25, 0.3) is 0 Å². The fourth-order valence-corrected chi connectivity index (χ4v) is 6.10. The summed E-state index contributed by atoms with van der Waals surface area (Å²) in [6.45, 7) is 4.45. The highest BCUT2D eigenvalue weighted by atomic mass is 17.0. The topological polar surface area (TPSA) is 67.0 Å². The van der Waals surface area contributed by atoms with Crippen molar-refractivity contribution in [2.45, 2.75) is 43.7 Å². The summed E-state index contributed by atoms with van der Waals surface area (Å²) in [5.74, 6) is -0.230. The lowest BCUT2D eigenvalue weighted by molar-refractivity contribution is -0.592. The van der Waals surface area contributed by atoms with Crippen molar-refractivity contribution in [3.8, 4) is 0 Å². The fraction of sp³-hybridized carbons (Fsp3) is 0.611. The van der Waals surface area contributed by atoms with E-state index in [9.17, 15) is 4.79 Å². The largest absolute Gasteiger partial charge is 0.469 e. The van der Waals surface area contributed by atoms with Crippen molar-refractivity contribution in [2.75, 3.05) is 26.7 Å². The summed E-state index contributed by atoms with van der Waals surface area (Å²) in [4.78, 5) is 14.4. The number of nitrogens with zero attached hydrogens (tertiary/aromatic N) is 4. The Morgan fingerprint density at radius 1 is 1.04 bits per heavy atom. The second kappa shape index (κ2) is 5.14. The van der Waals surface area contributed by atoms with Crippen molar-refractivity contribution in [3.05, 3.63) is 30.3 Å². The Labute approximate surface area is 163 Å². The Morgan fingerprint density at radius 3 is 2.25 bits per heavy atom. The first kappa shape index (κ1) is 17.3. The van der Waals surface area contributed by atoms with Gasteiger partial charge in [-0.3, -0.25) is 9.69 Å². The highest BCUT2D eigenvalue weighted by Gasteiger charge is 2.79. The number of carbonyl (C=O) groups excluding carboxylic acids is 1. The van der Waals surface area contributed by atoms with Gasteiger partial charge in [-0.05, 0) is 20.3 Å². The normalized spacial score (nSPS) is 52.2. The molecule has 0 aromatic heterocycles. The first-order valence-corrected chi connectivity index (χ1v) is 9.83. The zero-order chi connectivity index (χ0) is 19.4. The van der Waals surface area contributed by atoms with Crippen molar-refractivity contribution in [1.29, 1.82) is 0 Å². The smallest absolute Gasteiger partial charge is 0.457 e. The molecule has 0 aliphatic carbocycles. The van der Waals surface area contributed by atoms with Crippen LogP contribution in [0.1, 0.15) is 26.7 Å². The van der Waals surface area contributed by atoms with E-state index in [1.165, 1.54) is 7.11 Å². The van der Waals surface area contributed by atoms with Crippen molar-refractivity contribution in [1.82, 2.24) is 20.1 Å². The number of benzene rings is 1. The Kier molecular flexibility index (Phi) is 3.19. The van der Waals surface area contributed by atoms with Gasteiger partial charge in [-0.1, -0.05) is 30.3 Å². The molecule has 0 saturated carbocycles. The molecule has 9 nitrogen and oxygen atoms in total. The van der Waals surface area contributed by atoms with Crippen molar-refractivity contribution >= 4 is 18.2 Å². The molecule has 4 unspecified atom stereocenters. The number of carbonyl (C=O) groups is 1. The summed E-state index contributed by atoms with van der Waals surface area (Å²) in [5, 5.41) is 6.15. The van der Waals surface area contributed by atoms with Crippen LogP contribution in [-0.4, -0.2) is 76.5 Å². The van der Waals surface area contributed by atoms with Gasteiger partial charge in [0.1, 0.15) is 17.0 Å². The standard InChI is InChI=1S/C18H24BN4O5/c1-16-11-20-12-17(2)21(16)26-19(14-7-5-4-6-8-14)27-22(16)18(13-20,23(17)28-19)10-9-15(24)25-3/h4-8H,9-13H2,1-3H3/q-1. The molecule has 1 aromatic carbocycles. The lowest BCUT2D eigenvalue weighted by Gasteiger charge is -2.86. The van der Waals surface area contributed by atoms with E-state index >= 15 is 0 Å². The minimum atomic E-state index is -2.17. The van der Waals surface area contributed by atoms with E-state index in [1.807, 2.05) is 40.5 Å². The third-order valence-electron chi connectivity index (χ3n) is 6.93. The van der Waals surface area contributed by atoms with Crippen LogP contribution in [0.15, 0.2) is 30.3 Å². The molecule has 7 aliphatic heterocycles. The number of hydroxylamine groups is 6. The van der Waals surface area contributed by atoms with Crippen LogP contribution in [0.2, 0.25) is 0 Å². The van der Waals surface area contributed by atoms with E-state index in [2.05, 4.69) is 23.8 Å². The Hall–Kier alpha value is -1.53. The summed E-state index contributed by atoms with van der Waals surface area (Å²) in [7, 11) is 1.42. The number of hydrogen-bond acceptors (Lipinski definition) is 9. The summed E-state index contributed by atoms with van der Waals surface area (Å²) >= 11 is 0. The average Bonchev–Trinajstić information content (AvgIpc) is 2.70. The molecule has 8 rings (SSSR count). The quantitative estimate of drug-likeness (QED) is 0.524. The minimum absolute atomic E-state index is 0.230. The predicted molar refractivity (Wildman–Crippen MR) is 97.8 cm³/mol. The van der Waals surface area contributed by atoms with Gasteiger partial charge in [0.15, 0.2) is 0 Å². The van der Waals surface area contributed by atoms with E-state index < -0.39 is 23.7 Å². The summed E-state index contributed by atoms with van der Waals surface area (Å²) in [6.07, 6.45) is 0.846. The molecular formula is C18H24BN4O5-.